The molecule has 1 aromatic heterocycles. The number of aromatic nitrogens is 1. The first-order valence-corrected chi connectivity index (χ1v) is 6.74. The van der Waals surface area contributed by atoms with Crippen LogP contribution in [0.15, 0.2) is 29.1 Å². The lowest BCUT2D eigenvalue weighted by molar-refractivity contribution is 0.348. The lowest BCUT2D eigenvalue weighted by Gasteiger charge is -2.22. The minimum atomic E-state index is -0.00971. The fourth-order valence-electron chi connectivity index (χ4n) is 2.11. The zero-order valence-electron chi connectivity index (χ0n) is 11.9. The highest BCUT2D eigenvalue weighted by molar-refractivity contribution is 5.79. The molecule has 0 aliphatic carbocycles. The third-order valence-corrected chi connectivity index (χ3v) is 3.74. The van der Waals surface area contributed by atoms with Crippen LogP contribution in [0.1, 0.15) is 31.4 Å². The molecule has 1 aromatic carbocycles. The summed E-state index contributed by atoms with van der Waals surface area (Å²) in [5, 5.41) is 1.10. The van der Waals surface area contributed by atoms with Gasteiger partial charge in [0.15, 0.2) is 0 Å². The lowest BCUT2D eigenvalue weighted by atomic mass is 9.86. The molecule has 0 atom stereocenters. The van der Waals surface area contributed by atoms with Gasteiger partial charge in [0, 0.05) is 11.1 Å². The van der Waals surface area contributed by atoms with Crippen molar-refractivity contribution in [2.24, 2.45) is 11.1 Å². The van der Waals surface area contributed by atoms with E-state index in [2.05, 4.69) is 31.0 Å². The largest absolute Gasteiger partial charge is 0.330 e. The maximum atomic E-state index is 11.5. The molecule has 0 saturated heterocycles. The quantitative estimate of drug-likeness (QED) is 0.886. The number of rotatable bonds is 4. The molecule has 0 amide bonds. The predicted octanol–water partition coefficient (Wildman–Crippen LogP) is 2.75. The zero-order chi connectivity index (χ0) is 14.0. The summed E-state index contributed by atoms with van der Waals surface area (Å²) in [5.41, 5.74) is 8.87. The van der Waals surface area contributed by atoms with Crippen LogP contribution in [-0.4, -0.2) is 11.5 Å². The van der Waals surface area contributed by atoms with Crippen molar-refractivity contribution in [1.82, 2.24) is 4.98 Å². The van der Waals surface area contributed by atoms with Crippen molar-refractivity contribution in [2.45, 2.75) is 33.6 Å². The Kier molecular flexibility index (Phi) is 3.76. The number of nitrogens with one attached hydrogen (secondary N) is 1. The van der Waals surface area contributed by atoms with Crippen LogP contribution in [0.25, 0.3) is 10.9 Å². The molecule has 0 bridgehead atoms. The monoisotopic (exact) mass is 258 g/mol. The molecule has 3 nitrogen and oxygen atoms in total. The van der Waals surface area contributed by atoms with Gasteiger partial charge < -0.3 is 10.7 Å². The van der Waals surface area contributed by atoms with Crippen molar-refractivity contribution in [3.05, 3.63) is 45.7 Å². The highest BCUT2D eigenvalue weighted by Gasteiger charge is 2.15. The van der Waals surface area contributed by atoms with Crippen molar-refractivity contribution in [3.63, 3.8) is 0 Å². The van der Waals surface area contributed by atoms with Gasteiger partial charge in [-0.15, -0.1) is 0 Å². The SMILES string of the molecule is Cc1cc2cc(CCC(C)(C)CN)ccc2[nH]c1=O. The van der Waals surface area contributed by atoms with E-state index >= 15 is 0 Å². The first kappa shape index (κ1) is 13.8. The minimum Gasteiger partial charge on any atom is -0.330 e. The number of H-pyrrole nitrogens is 1. The third kappa shape index (κ3) is 3.24. The second kappa shape index (κ2) is 5.17. The van der Waals surface area contributed by atoms with Crippen molar-refractivity contribution in [1.29, 1.82) is 0 Å². The molecule has 0 unspecified atom stereocenters. The van der Waals surface area contributed by atoms with Gasteiger partial charge in [0.1, 0.15) is 0 Å². The molecule has 0 fully saturated rings. The van der Waals surface area contributed by atoms with Crippen LogP contribution in [0.3, 0.4) is 0 Å². The number of fused-ring (bicyclic) bond motifs is 1. The van der Waals surface area contributed by atoms with Gasteiger partial charge in [-0.2, -0.15) is 0 Å². The third-order valence-electron chi connectivity index (χ3n) is 3.74. The van der Waals surface area contributed by atoms with E-state index in [4.69, 9.17) is 5.73 Å². The van der Waals surface area contributed by atoms with Crippen LogP contribution in [-0.2, 0) is 6.42 Å². The van der Waals surface area contributed by atoms with Gasteiger partial charge in [-0.25, -0.2) is 0 Å². The minimum absolute atomic E-state index is 0.00971. The Bertz CT molecular complexity index is 641. The van der Waals surface area contributed by atoms with E-state index in [1.54, 1.807) is 0 Å². The van der Waals surface area contributed by atoms with Crippen LogP contribution < -0.4 is 11.3 Å². The molecular formula is C16H22N2O. The van der Waals surface area contributed by atoms with Crippen molar-refractivity contribution >= 4 is 10.9 Å². The number of hydrogen-bond acceptors (Lipinski definition) is 2. The zero-order valence-corrected chi connectivity index (χ0v) is 11.9. The smallest absolute Gasteiger partial charge is 0.251 e. The topological polar surface area (TPSA) is 58.9 Å². The first-order valence-electron chi connectivity index (χ1n) is 6.74. The predicted molar refractivity (Wildman–Crippen MR) is 80.5 cm³/mol. The van der Waals surface area contributed by atoms with Gasteiger partial charge in [0.25, 0.3) is 5.56 Å². The average molecular weight is 258 g/mol. The van der Waals surface area contributed by atoms with Crippen LogP contribution in [0, 0.1) is 12.3 Å². The van der Waals surface area contributed by atoms with Gasteiger partial charge in [0.05, 0.1) is 0 Å². The van der Waals surface area contributed by atoms with Crippen molar-refractivity contribution in [3.8, 4) is 0 Å². The number of aryl methyl sites for hydroxylation is 2. The van der Waals surface area contributed by atoms with Gasteiger partial charge in [-0.3, -0.25) is 4.79 Å². The summed E-state index contributed by atoms with van der Waals surface area (Å²) >= 11 is 0. The van der Waals surface area contributed by atoms with E-state index < -0.39 is 0 Å². The second-order valence-corrected chi connectivity index (χ2v) is 6.07. The maximum Gasteiger partial charge on any atom is 0.251 e. The molecule has 0 spiro atoms. The average Bonchev–Trinajstić information content (AvgIpc) is 2.38. The van der Waals surface area contributed by atoms with Gasteiger partial charge in [-0.1, -0.05) is 19.9 Å². The molecular weight excluding hydrogens is 236 g/mol. The molecule has 1 heterocycles. The van der Waals surface area contributed by atoms with E-state index in [1.807, 2.05) is 19.1 Å². The van der Waals surface area contributed by atoms with Crippen LogP contribution >= 0.6 is 0 Å². The van der Waals surface area contributed by atoms with Gasteiger partial charge in [0.2, 0.25) is 0 Å². The van der Waals surface area contributed by atoms with E-state index in [-0.39, 0.29) is 11.0 Å². The summed E-state index contributed by atoms with van der Waals surface area (Å²) in [4.78, 5) is 14.4. The van der Waals surface area contributed by atoms with Crippen LogP contribution in [0.5, 0.6) is 0 Å². The number of nitrogens with two attached hydrogens (primary N) is 1. The molecule has 0 aliphatic heterocycles. The summed E-state index contributed by atoms with van der Waals surface area (Å²) in [6, 6.07) is 8.18. The van der Waals surface area contributed by atoms with Crippen molar-refractivity contribution < 1.29 is 0 Å². The Morgan fingerprint density at radius 1 is 1.26 bits per heavy atom. The Hall–Kier alpha value is -1.61. The van der Waals surface area contributed by atoms with E-state index in [0.717, 1.165) is 29.3 Å². The molecule has 0 saturated carbocycles. The Morgan fingerprint density at radius 3 is 2.68 bits per heavy atom. The number of hydrogen-bond donors (Lipinski definition) is 2. The van der Waals surface area contributed by atoms with Crippen molar-refractivity contribution in [2.75, 3.05) is 6.54 Å². The molecule has 3 heteroatoms. The summed E-state index contributed by atoms with van der Waals surface area (Å²) < 4.78 is 0. The standard InChI is InChI=1S/C16H22N2O/c1-11-8-13-9-12(6-7-16(2,3)10-17)4-5-14(13)18-15(11)19/h4-5,8-9H,6-7,10,17H2,1-3H3,(H,18,19). The fourth-order valence-corrected chi connectivity index (χ4v) is 2.11. The highest BCUT2D eigenvalue weighted by atomic mass is 16.1. The molecule has 102 valence electrons. The number of aromatic amines is 1. The molecule has 19 heavy (non-hydrogen) atoms. The van der Waals surface area contributed by atoms with E-state index in [1.165, 1.54) is 5.56 Å². The van der Waals surface area contributed by atoms with Gasteiger partial charge in [-0.05, 0) is 60.9 Å². The maximum absolute atomic E-state index is 11.5. The Labute approximate surface area is 113 Å². The molecule has 2 aromatic rings. The van der Waals surface area contributed by atoms with Gasteiger partial charge >= 0.3 is 0 Å². The Morgan fingerprint density at radius 2 is 2.00 bits per heavy atom. The second-order valence-electron chi connectivity index (χ2n) is 6.07. The molecule has 0 aliphatic rings. The van der Waals surface area contributed by atoms with E-state index in [0.29, 0.717) is 6.54 Å². The first-order chi connectivity index (χ1) is 8.91. The summed E-state index contributed by atoms with van der Waals surface area (Å²) in [7, 11) is 0. The molecule has 0 radical (unpaired) electrons. The summed E-state index contributed by atoms with van der Waals surface area (Å²) in [5.74, 6) is 0. The Balaban J connectivity index is 2.27. The number of benzene rings is 1. The van der Waals surface area contributed by atoms with Crippen LogP contribution in [0.4, 0.5) is 0 Å². The fraction of sp³-hybridized carbons (Fsp3) is 0.438. The van der Waals surface area contributed by atoms with E-state index in [9.17, 15) is 4.79 Å². The molecule has 3 N–H and O–H groups in total. The number of pyridine rings is 1. The summed E-state index contributed by atoms with van der Waals surface area (Å²) in [6.45, 7) is 6.92. The normalized spacial score (nSPS) is 12.0. The summed E-state index contributed by atoms with van der Waals surface area (Å²) in [6.07, 6.45) is 2.08. The lowest BCUT2D eigenvalue weighted by Crippen LogP contribution is -2.24. The van der Waals surface area contributed by atoms with Crippen LogP contribution in [0.2, 0.25) is 0 Å². The molecule has 2 rings (SSSR count). The highest BCUT2D eigenvalue weighted by Crippen LogP contribution is 2.22.